The molecule has 3 heterocycles. The summed E-state index contributed by atoms with van der Waals surface area (Å²) in [5, 5.41) is 5.75. The Morgan fingerprint density at radius 3 is 2.52 bits per heavy atom. The Kier molecular flexibility index (Phi) is 9.16. The van der Waals surface area contributed by atoms with Crippen LogP contribution < -0.4 is 5.32 Å². The number of likely N-dealkylation sites (tertiary alicyclic amines) is 1. The Bertz CT molecular complexity index is 1430. The number of amidine groups is 1. The average Bonchev–Trinajstić information content (AvgIpc) is 3.38. The van der Waals surface area contributed by atoms with Gasteiger partial charge in [-0.3, -0.25) is 14.4 Å². The maximum Gasteiger partial charge on any atom is 0.310 e. The number of piperidine rings is 1. The molecule has 0 aromatic heterocycles. The van der Waals surface area contributed by atoms with Crippen molar-refractivity contribution < 1.29 is 19.1 Å². The minimum Gasteiger partial charge on any atom is -0.466 e. The number of aliphatic imine (C=N–C) groups is 1. The van der Waals surface area contributed by atoms with Crippen LogP contribution in [0.3, 0.4) is 0 Å². The number of nitrogens with zero attached hydrogens (tertiary/aromatic N) is 3. The minimum atomic E-state index is -0.454. The summed E-state index contributed by atoms with van der Waals surface area (Å²) in [7, 11) is 0. The van der Waals surface area contributed by atoms with Crippen molar-refractivity contribution in [2.45, 2.75) is 58.9 Å². The van der Waals surface area contributed by atoms with Crippen molar-refractivity contribution in [1.29, 1.82) is 0 Å². The minimum absolute atomic E-state index is 0.0485. The number of nitrogens with one attached hydrogen (secondary N) is 1. The number of rotatable bonds is 8. The number of amides is 2. The zero-order chi connectivity index (χ0) is 29.8. The van der Waals surface area contributed by atoms with E-state index in [0.29, 0.717) is 42.6 Å². The van der Waals surface area contributed by atoms with Gasteiger partial charge in [0, 0.05) is 24.5 Å². The lowest BCUT2D eigenvalue weighted by molar-refractivity contribution is -0.151. The van der Waals surface area contributed by atoms with E-state index < -0.39 is 6.04 Å². The molecule has 42 heavy (non-hydrogen) atoms. The van der Waals surface area contributed by atoms with Gasteiger partial charge in [0.2, 0.25) is 5.91 Å². The lowest BCUT2D eigenvalue weighted by Crippen LogP contribution is -2.44. The molecule has 0 aliphatic carbocycles. The van der Waals surface area contributed by atoms with Gasteiger partial charge in [0.15, 0.2) is 5.17 Å². The number of esters is 1. The highest BCUT2D eigenvalue weighted by Crippen LogP contribution is 2.45. The van der Waals surface area contributed by atoms with Gasteiger partial charge in [-0.05, 0) is 61.3 Å². The van der Waals surface area contributed by atoms with E-state index in [0.717, 1.165) is 29.3 Å². The van der Waals surface area contributed by atoms with Crippen LogP contribution in [0.25, 0.3) is 0 Å². The monoisotopic (exact) mass is 586 g/mol. The molecular formula is C33H38N4O4S. The Morgan fingerprint density at radius 1 is 1.10 bits per heavy atom. The van der Waals surface area contributed by atoms with Crippen molar-refractivity contribution in [2.24, 2.45) is 10.9 Å². The van der Waals surface area contributed by atoms with Crippen molar-refractivity contribution in [3.8, 4) is 0 Å². The standard InChI is InChI=1S/C33H38N4O4S/c1-5-41-32(40)25-10-9-17-36(19-25)28(38)18-27-20-42-33-34-22(4)29(31(39)35-26-11-7-6-8-12-26)30(37(27)33)24-15-13-23(14-16-24)21(2)3/h6-8,11-16,20-21,25,30H,5,9-10,17-19H2,1-4H3,(H,35,39)/t25-,30+/m0/s1. The fourth-order valence-corrected chi connectivity index (χ4v) is 6.65. The smallest absolute Gasteiger partial charge is 0.310 e. The third kappa shape index (κ3) is 6.31. The summed E-state index contributed by atoms with van der Waals surface area (Å²) in [6, 6.07) is 17.3. The first-order valence-corrected chi connectivity index (χ1v) is 15.5. The molecular weight excluding hydrogens is 548 g/mol. The molecule has 220 valence electrons. The molecule has 3 aliphatic rings. The van der Waals surface area contributed by atoms with E-state index in [2.05, 4.69) is 43.4 Å². The van der Waals surface area contributed by atoms with E-state index >= 15 is 0 Å². The number of hydrogen-bond donors (Lipinski definition) is 1. The summed E-state index contributed by atoms with van der Waals surface area (Å²) in [6.07, 6.45) is 1.63. The third-order valence-electron chi connectivity index (χ3n) is 7.92. The fraction of sp³-hybridized carbons (Fsp3) is 0.394. The van der Waals surface area contributed by atoms with Crippen LogP contribution in [-0.4, -0.2) is 52.4 Å². The molecule has 1 fully saturated rings. The van der Waals surface area contributed by atoms with Crippen molar-refractivity contribution in [2.75, 3.05) is 25.0 Å². The number of para-hydroxylation sites is 1. The first-order chi connectivity index (χ1) is 20.3. The molecule has 1 N–H and O–H groups in total. The summed E-state index contributed by atoms with van der Waals surface area (Å²) in [6.45, 7) is 9.27. The molecule has 9 heteroatoms. The lowest BCUT2D eigenvalue weighted by Gasteiger charge is -2.37. The lowest BCUT2D eigenvalue weighted by atomic mass is 9.91. The molecule has 0 radical (unpaired) electrons. The maximum atomic E-state index is 13.8. The highest BCUT2D eigenvalue weighted by molar-refractivity contribution is 8.16. The number of anilines is 1. The number of benzene rings is 2. The molecule has 0 unspecified atom stereocenters. The molecule has 2 aromatic rings. The number of hydrogen-bond acceptors (Lipinski definition) is 7. The number of carbonyl (C=O) groups excluding carboxylic acids is 3. The van der Waals surface area contributed by atoms with E-state index in [9.17, 15) is 14.4 Å². The number of allylic oxidation sites excluding steroid dienone is 1. The van der Waals surface area contributed by atoms with Crippen LogP contribution in [0.5, 0.6) is 0 Å². The largest absolute Gasteiger partial charge is 0.466 e. The second-order valence-electron chi connectivity index (χ2n) is 11.1. The summed E-state index contributed by atoms with van der Waals surface area (Å²) < 4.78 is 5.23. The first kappa shape index (κ1) is 29.6. The first-order valence-electron chi connectivity index (χ1n) is 14.6. The van der Waals surface area contributed by atoms with Crippen LogP contribution >= 0.6 is 11.8 Å². The molecule has 3 aliphatic heterocycles. The molecule has 0 saturated carbocycles. The van der Waals surface area contributed by atoms with Gasteiger partial charge in [0.05, 0.1) is 36.3 Å². The molecule has 2 amide bonds. The van der Waals surface area contributed by atoms with E-state index in [1.54, 1.807) is 11.8 Å². The van der Waals surface area contributed by atoms with Crippen LogP contribution in [0.2, 0.25) is 0 Å². The molecule has 8 nitrogen and oxygen atoms in total. The van der Waals surface area contributed by atoms with E-state index in [1.165, 1.54) is 17.3 Å². The van der Waals surface area contributed by atoms with Gasteiger partial charge >= 0.3 is 5.97 Å². The van der Waals surface area contributed by atoms with Gasteiger partial charge in [0.1, 0.15) is 0 Å². The van der Waals surface area contributed by atoms with E-state index in [-0.39, 0.29) is 30.1 Å². The summed E-state index contributed by atoms with van der Waals surface area (Å²) >= 11 is 1.47. The average molecular weight is 587 g/mol. The SMILES string of the molecule is CCOC(=O)[C@H]1CCCN(C(=O)CC2=CSC3=NC(C)=C(C(=O)Nc4ccccc4)[C@@H](c4ccc(C(C)C)cc4)N23)C1. The summed E-state index contributed by atoms with van der Waals surface area (Å²) in [4.78, 5) is 48.5. The Morgan fingerprint density at radius 2 is 1.83 bits per heavy atom. The quantitative estimate of drug-likeness (QED) is 0.370. The molecule has 2 aromatic carbocycles. The molecule has 2 atom stereocenters. The van der Waals surface area contributed by atoms with Gasteiger partial charge in [-0.2, -0.15) is 0 Å². The number of thioether (sulfide) groups is 1. The number of fused-ring (bicyclic) bond motifs is 1. The van der Waals surface area contributed by atoms with Crippen molar-refractivity contribution >= 4 is 40.4 Å². The number of ether oxygens (including phenoxy) is 1. The van der Waals surface area contributed by atoms with E-state index in [1.807, 2.05) is 47.6 Å². The fourth-order valence-electron chi connectivity index (χ4n) is 5.68. The zero-order valence-corrected chi connectivity index (χ0v) is 25.4. The molecule has 0 bridgehead atoms. The number of carbonyl (C=O) groups is 3. The van der Waals surface area contributed by atoms with Gasteiger partial charge in [0.25, 0.3) is 5.91 Å². The molecule has 5 rings (SSSR count). The Balaban J connectivity index is 1.44. The predicted octanol–water partition coefficient (Wildman–Crippen LogP) is 6.22. The summed E-state index contributed by atoms with van der Waals surface area (Å²) in [5.41, 5.74) is 4.84. The maximum absolute atomic E-state index is 13.8. The normalized spacial score (nSPS) is 20.2. The van der Waals surface area contributed by atoms with Gasteiger partial charge in [-0.1, -0.05) is 68.1 Å². The van der Waals surface area contributed by atoms with Gasteiger partial charge in [-0.15, -0.1) is 0 Å². The van der Waals surface area contributed by atoms with Gasteiger partial charge in [-0.25, -0.2) is 4.99 Å². The van der Waals surface area contributed by atoms with Crippen LogP contribution in [0.1, 0.15) is 70.0 Å². The molecule has 1 saturated heterocycles. The summed E-state index contributed by atoms with van der Waals surface area (Å²) in [5.74, 6) is -0.439. The highest BCUT2D eigenvalue weighted by atomic mass is 32.2. The van der Waals surface area contributed by atoms with Crippen LogP contribution in [0.15, 0.2) is 82.0 Å². The predicted molar refractivity (Wildman–Crippen MR) is 167 cm³/mol. The molecule has 0 spiro atoms. The van der Waals surface area contributed by atoms with Crippen molar-refractivity contribution in [3.05, 3.63) is 88.1 Å². The van der Waals surface area contributed by atoms with Crippen LogP contribution in [0, 0.1) is 5.92 Å². The highest BCUT2D eigenvalue weighted by Gasteiger charge is 2.41. The van der Waals surface area contributed by atoms with E-state index in [4.69, 9.17) is 9.73 Å². The van der Waals surface area contributed by atoms with Crippen LogP contribution in [0.4, 0.5) is 5.69 Å². The topological polar surface area (TPSA) is 91.3 Å². The van der Waals surface area contributed by atoms with Crippen molar-refractivity contribution in [3.63, 3.8) is 0 Å². The van der Waals surface area contributed by atoms with Crippen molar-refractivity contribution in [1.82, 2.24) is 9.80 Å². The van der Waals surface area contributed by atoms with Gasteiger partial charge < -0.3 is 19.9 Å². The Labute approximate surface area is 251 Å². The Hall–Kier alpha value is -3.85. The second-order valence-corrected chi connectivity index (χ2v) is 12.0. The zero-order valence-electron chi connectivity index (χ0n) is 24.6. The van der Waals surface area contributed by atoms with Crippen LogP contribution in [-0.2, 0) is 19.1 Å². The third-order valence-corrected chi connectivity index (χ3v) is 8.81. The second kappa shape index (κ2) is 13.0.